The van der Waals surface area contributed by atoms with Crippen molar-refractivity contribution >= 4 is 17.2 Å². The molecule has 2 aromatic rings. The summed E-state index contributed by atoms with van der Waals surface area (Å²) < 4.78 is 0. The summed E-state index contributed by atoms with van der Waals surface area (Å²) in [6.45, 7) is 2.04. The van der Waals surface area contributed by atoms with Gasteiger partial charge in [-0.1, -0.05) is 0 Å². The van der Waals surface area contributed by atoms with Gasteiger partial charge < -0.3 is 10.4 Å². The Bertz CT molecular complexity index is 559. The second kappa shape index (κ2) is 7.06. The van der Waals surface area contributed by atoms with Gasteiger partial charge in [-0.15, -0.1) is 11.3 Å². The molecule has 2 aromatic heterocycles. The lowest BCUT2D eigenvalue weighted by Crippen LogP contribution is -2.32. The van der Waals surface area contributed by atoms with Crippen molar-refractivity contribution in [3.63, 3.8) is 0 Å². The number of nitrogens with zero attached hydrogens (tertiary/aromatic N) is 3. The molecule has 2 rings (SSSR count). The molecule has 6 nitrogen and oxygen atoms in total. The number of amides is 1. The third kappa shape index (κ3) is 3.82. The van der Waals surface area contributed by atoms with E-state index in [1.807, 2.05) is 6.92 Å². The number of nitrogens with one attached hydrogen (secondary N) is 1. The molecule has 0 bridgehead atoms. The van der Waals surface area contributed by atoms with E-state index in [1.165, 1.54) is 11.3 Å². The number of rotatable bonds is 6. The van der Waals surface area contributed by atoms with Gasteiger partial charge in [-0.2, -0.15) is 0 Å². The summed E-state index contributed by atoms with van der Waals surface area (Å²) in [4.78, 5) is 24.4. The van der Waals surface area contributed by atoms with Crippen molar-refractivity contribution < 1.29 is 9.90 Å². The van der Waals surface area contributed by atoms with Gasteiger partial charge in [0.05, 0.1) is 0 Å². The van der Waals surface area contributed by atoms with Crippen molar-refractivity contribution in [1.82, 2.24) is 20.3 Å². The van der Waals surface area contributed by atoms with Crippen LogP contribution in [0.25, 0.3) is 10.8 Å². The number of hydrogen-bond acceptors (Lipinski definition) is 6. The number of aromatic nitrogens is 3. The molecule has 2 N–H and O–H groups in total. The molecular weight excluding hydrogens is 276 g/mol. The molecule has 0 aliphatic rings. The highest BCUT2D eigenvalue weighted by Crippen LogP contribution is 2.19. The second-order valence-corrected chi connectivity index (χ2v) is 5.21. The Kier molecular flexibility index (Phi) is 5.14. The summed E-state index contributed by atoms with van der Waals surface area (Å²) in [5, 5.41) is 13.9. The van der Waals surface area contributed by atoms with E-state index in [-0.39, 0.29) is 18.6 Å². The van der Waals surface area contributed by atoms with Gasteiger partial charge in [0, 0.05) is 30.4 Å². The molecule has 1 atom stereocenters. The summed E-state index contributed by atoms with van der Waals surface area (Å²) in [5.74, 6) is 0.304. The van der Waals surface area contributed by atoms with Crippen LogP contribution < -0.4 is 5.32 Å². The number of hydrogen-bond donors (Lipinski definition) is 2. The number of aliphatic hydroxyl groups excluding tert-OH is 1. The van der Waals surface area contributed by atoms with Gasteiger partial charge in [0.25, 0.3) is 5.91 Å². The SMILES string of the molecule is CC(CCCO)NC(=O)c1csc(-c2ncccn2)n1. The standard InChI is InChI=1S/C13H16N4O2S/c1-9(4-2-7-18)16-12(19)10-8-20-13(17-10)11-14-5-3-6-15-11/h3,5-6,8-9,18H,2,4,7H2,1H3,(H,16,19). The topological polar surface area (TPSA) is 88.0 Å². The smallest absolute Gasteiger partial charge is 0.270 e. The maximum Gasteiger partial charge on any atom is 0.270 e. The molecule has 0 aliphatic heterocycles. The number of carbonyl (C=O) groups is 1. The number of aliphatic hydroxyl groups is 1. The molecule has 106 valence electrons. The number of thiazole rings is 1. The van der Waals surface area contributed by atoms with E-state index in [1.54, 1.807) is 23.8 Å². The Labute approximate surface area is 120 Å². The minimum absolute atomic E-state index is 0.00720. The molecule has 2 heterocycles. The fourth-order valence-corrected chi connectivity index (χ4v) is 2.40. The normalized spacial score (nSPS) is 12.1. The molecular formula is C13H16N4O2S. The zero-order valence-corrected chi connectivity index (χ0v) is 11.9. The van der Waals surface area contributed by atoms with Crippen molar-refractivity contribution in [2.45, 2.75) is 25.8 Å². The third-order valence-electron chi connectivity index (χ3n) is 2.67. The minimum Gasteiger partial charge on any atom is -0.396 e. The highest BCUT2D eigenvalue weighted by Gasteiger charge is 2.14. The predicted octanol–water partition coefficient (Wildman–Crippen LogP) is 1.49. The van der Waals surface area contributed by atoms with Gasteiger partial charge >= 0.3 is 0 Å². The quantitative estimate of drug-likeness (QED) is 0.842. The average Bonchev–Trinajstić information content (AvgIpc) is 2.96. The summed E-state index contributed by atoms with van der Waals surface area (Å²) >= 11 is 1.34. The molecule has 0 spiro atoms. The third-order valence-corrected chi connectivity index (χ3v) is 3.50. The van der Waals surface area contributed by atoms with Crippen molar-refractivity contribution in [2.24, 2.45) is 0 Å². The van der Waals surface area contributed by atoms with E-state index in [0.29, 0.717) is 22.9 Å². The molecule has 0 aliphatic carbocycles. The maximum absolute atomic E-state index is 12.0. The van der Waals surface area contributed by atoms with Crippen LogP contribution >= 0.6 is 11.3 Å². The highest BCUT2D eigenvalue weighted by molar-refractivity contribution is 7.13. The van der Waals surface area contributed by atoms with Crippen LogP contribution in [0.1, 0.15) is 30.3 Å². The van der Waals surface area contributed by atoms with Gasteiger partial charge in [-0.25, -0.2) is 15.0 Å². The van der Waals surface area contributed by atoms with Crippen LogP contribution in [-0.4, -0.2) is 38.6 Å². The monoisotopic (exact) mass is 292 g/mol. The first-order valence-corrected chi connectivity index (χ1v) is 7.23. The highest BCUT2D eigenvalue weighted by atomic mass is 32.1. The lowest BCUT2D eigenvalue weighted by molar-refractivity contribution is 0.0932. The molecule has 0 radical (unpaired) electrons. The lowest BCUT2D eigenvalue weighted by Gasteiger charge is -2.11. The number of carbonyl (C=O) groups excluding carboxylic acids is 1. The Morgan fingerprint density at radius 2 is 2.20 bits per heavy atom. The second-order valence-electron chi connectivity index (χ2n) is 4.35. The molecule has 1 amide bonds. The van der Waals surface area contributed by atoms with Gasteiger partial charge in [0.1, 0.15) is 5.69 Å². The van der Waals surface area contributed by atoms with Crippen molar-refractivity contribution in [3.8, 4) is 10.8 Å². The van der Waals surface area contributed by atoms with Crippen molar-refractivity contribution in [3.05, 3.63) is 29.5 Å². The van der Waals surface area contributed by atoms with Gasteiger partial charge in [0.15, 0.2) is 10.8 Å². The summed E-state index contributed by atoms with van der Waals surface area (Å²) in [5.41, 5.74) is 0.369. The molecule has 0 aromatic carbocycles. The molecule has 0 saturated heterocycles. The van der Waals surface area contributed by atoms with E-state index in [2.05, 4.69) is 20.3 Å². The Morgan fingerprint density at radius 3 is 2.90 bits per heavy atom. The maximum atomic E-state index is 12.0. The minimum atomic E-state index is -0.214. The van der Waals surface area contributed by atoms with Gasteiger partial charge in [-0.3, -0.25) is 4.79 Å². The molecule has 0 fully saturated rings. The first-order valence-electron chi connectivity index (χ1n) is 6.35. The Balaban J connectivity index is 2.00. The van der Waals surface area contributed by atoms with Crippen molar-refractivity contribution in [1.29, 1.82) is 0 Å². The largest absolute Gasteiger partial charge is 0.396 e. The van der Waals surface area contributed by atoms with E-state index in [0.717, 1.165) is 6.42 Å². The lowest BCUT2D eigenvalue weighted by atomic mass is 10.2. The van der Waals surface area contributed by atoms with Gasteiger partial charge in [-0.05, 0) is 25.8 Å². The summed E-state index contributed by atoms with van der Waals surface area (Å²) in [6, 6.07) is 1.74. The van der Waals surface area contributed by atoms with Crippen LogP contribution in [0, 0.1) is 0 Å². The fraction of sp³-hybridized carbons (Fsp3) is 0.385. The van der Waals surface area contributed by atoms with Crippen LogP contribution in [0.15, 0.2) is 23.8 Å². The molecule has 7 heteroatoms. The van der Waals surface area contributed by atoms with E-state index in [4.69, 9.17) is 5.11 Å². The van der Waals surface area contributed by atoms with Crippen LogP contribution in [-0.2, 0) is 0 Å². The van der Waals surface area contributed by atoms with E-state index in [9.17, 15) is 4.79 Å². The first-order chi connectivity index (χ1) is 9.70. The fourth-order valence-electron chi connectivity index (χ4n) is 1.66. The van der Waals surface area contributed by atoms with Crippen LogP contribution in [0.4, 0.5) is 0 Å². The molecule has 20 heavy (non-hydrogen) atoms. The first kappa shape index (κ1) is 14.5. The van der Waals surface area contributed by atoms with Crippen LogP contribution in [0.5, 0.6) is 0 Å². The zero-order valence-electron chi connectivity index (χ0n) is 11.1. The van der Waals surface area contributed by atoms with Crippen LogP contribution in [0.2, 0.25) is 0 Å². The summed E-state index contributed by atoms with van der Waals surface area (Å²) in [6.07, 6.45) is 4.68. The van der Waals surface area contributed by atoms with Gasteiger partial charge in [0.2, 0.25) is 0 Å². The molecule has 0 saturated carbocycles. The van der Waals surface area contributed by atoms with Crippen LogP contribution in [0.3, 0.4) is 0 Å². The average molecular weight is 292 g/mol. The predicted molar refractivity (Wildman–Crippen MR) is 76.4 cm³/mol. The van der Waals surface area contributed by atoms with E-state index < -0.39 is 0 Å². The van der Waals surface area contributed by atoms with E-state index >= 15 is 0 Å². The van der Waals surface area contributed by atoms with Crippen molar-refractivity contribution in [2.75, 3.05) is 6.61 Å². The molecule has 1 unspecified atom stereocenters. The Hall–Kier alpha value is -1.86. The Morgan fingerprint density at radius 1 is 1.45 bits per heavy atom. The zero-order chi connectivity index (χ0) is 14.4. The summed E-state index contributed by atoms with van der Waals surface area (Å²) in [7, 11) is 0.